The van der Waals surface area contributed by atoms with Crippen molar-refractivity contribution in [2.45, 2.75) is 59.7 Å². The molecule has 0 bridgehead atoms. The zero-order valence-corrected chi connectivity index (χ0v) is 20.2. The summed E-state index contributed by atoms with van der Waals surface area (Å²) >= 11 is 0. The summed E-state index contributed by atoms with van der Waals surface area (Å²) in [5.41, 5.74) is 6.88. The zero-order valence-electron chi connectivity index (χ0n) is 20.2. The van der Waals surface area contributed by atoms with Crippen molar-refractivity contribution in [1.82, 2.24) is 0 Å². The lowest BCUT2D eigenvalue weighted by atomic mass is 9.71. The van der Waals surface area contributed by atoms with E-state index in [0.29, 0.717) is 0 Å². The van der Waals surface area contributed by atoms with Gasteiger partial charge >= 0.3 is 7.12 Å². The van der Waals surface area contributed by atoms with Crippen molar-refractivity contribution in [2.75, 3.05) is 0 Å². The van der Waals surface area contributed by atoms with Gasteiger partial charge in [-0.1, -0.05) is 66.2 Å². The second-order valence-electron chi connectivity index (χ2n) is 10.2. The molecule has 0 amide bonds. The molecule has 4 aromatic carbocycles. The van der Waals surface area contributed by atoms with E-state index < -0.39 is 7.12 Å². The highest BCUT2D eigenvalue weighted by atomic mass is 16.7. The molecule has 5 rings (SSSR count). The van der Waals surface area contributed by atoms with Crippen LogP contribution in [-0.4, -0.2) is 18.3 Å². The molecule has 0 aromatic heterocycles. The van der Waals surface area contributed by atoms with E-state index in [1.54, 1.807) is 0 Å². The monoisotopic (exact) mass is 422 g/mol. The van der Waals surface area contributed by atoms with Gasteiger partial charge in [-0.2, -0.15) is 0 Å². The van der Waals surface area contributed by atoms with Gasteiger partial charge in [-0.3, -0.25) is 0 Å². The standard InChI is InChI=1S/C29H31BO2/c1-18-16-19(2)25(20(3)17-18)26-21-12-8-10-14-23(21)27(24-15-11-9-13-22(24)26)30-31-28(4,5)29(6,7)32-30/h8-17H,1-7H3. The third kappa shape index (κ3) is 3.10. The number of aryl methyl sites for hydroxylation is 3. The largest absolute Gasteiger partial charge is 0.496 e. The van der Waals surface area contributed by atoms with Gasteiger partial charge in [0.2, 0.25) is 0 Å². The maximum Gasteiger partial charge on any atom is 0.496 e. The van der Waals surface area contributed by atoms with E-state index >= 15 is 0 Å². The van der Waals surface area contributed by atoms with Gasteiger partial charge in [0.25, 0.3) is 0 Å². The van der Waals surface area contributed by atoms with E-state index in [9.17, 15) is 0 Å². The highest BCUT2D eigenvalue weighted by Gasteiger charge is 2.52. The molecule has 0 aliphatic carbocycles. The summed E-state index contributed by atoms with van der Waals surface area (Å²) in [4.78, 5) is 0. The first-order valence-corrected chi connectivity index (χ1v) is 11.5. The quantitative estimate of drug-likeness (QED) is 0.259. The molecule has 2 nitrogen and oxygen atoms in total. The molecule has 3 heteroatoms. The molecular weight excluding hydrogens is 391 g/mol. The van der Waals surface area contributed by atoms with Crippen LogP contribution in [-0.2, 0) is 9.31 Å². The van der Waals surface area contributed by atoms with Crippen molar-refractivity contribution in [3.8, 4) is 11.1 Å². The number of fused-ring (bicyclic) bond motifs is 2. The molecule has 1 saturated heterocycles. The predicted molar refractivity (Wildman–Crippen MR) is 137 cm³/mol. The Hall–Kier alpha value is -2.62. The van der Waals surface area contributed by atoms with Crippen LogP contribution >= 0.6 is 0 Å². The Morgan fingerprint density at radius 2 is 1.00 bits per heavy atom. The van der Waals surface area contributed by atoms with Crippen molar-refractivity contribution in [3.05, 3.63) is 77.4 Å². The number of hydrogen-bond acceptors (Lipinski definition) is 2. The molecule has 1 heterocycles. The summed E-state index contributed by atoms with van der Waals surface area (Å²) in [7, 11) is -0.413. The van der Waals surface area contributed by atoms with E-state index in [-0.39, 0.29) is 11.2 Å². The Bertz CT molecular complexity index is 1270. The smallest absolute Gasteiger partial charge is 0.399 e. The van der Waals surface area contributed by atoms with Gasteiger partial charge in [0.05, 0.1) is 11.2 Å². The van der Waals surface area contributed by atoms with E-state index in [2.05, 4.69) is 109 Å². The number of hydrogen-bond donors (Lipinski definition) is 0. The van der Waals surface area contributed by atoms with Crippen molar-refractivity contribution < 1.29 is 9.31 Å². The lowest BCUT2D eigenvalue weighted by Crippen LogP contribution is -2.41. The van der Waals surface area contributed by atoms with Gasteiger partial charge in [0.15, 0.2) is 0 Å². The maximum atomic E-state index is 6.55. The van der Waals surface area contributed by atoms with Crippen LogP contribution < -0.4 is 5.46 Å². The molecule has 0 radical (unpaired) electrons. The third-order valence-corrected chi connectivity index (χ3v) is 7.39. The molecule has 0 N–H and O–H groups in total. The normalized spacial score (nSPS) is 17.4. The van der Waals surface area contributed by atoms with Crippen molar-refractivity contribution in [2.24, 2.45) is 0 Å². The summed E-state index contributed by atoms with van der Waals surface area (Å²) in [6, 6.07) is 22.0. The van der Waals surface area contributed by atoms with Crippen molar-refractivity contribution in [3.63, 3.8) is 0 Å². The topological polar surface area (TPSA) is 18.5 Å². The Morgan fingerprint density at radius 1 is 0.594 bits per heavy atom. The van der Waals surface area contributed by atoms with Gasteiger partial charge in [-0.25, -0.2) is 0 Å². The first-order chi connectivity index (χ1) is 15.1. The van der Waals surface area contributed by atoms with Crippen LogP contribution in [0.4, 0.5) is 0 Å². The van der Waals surface area contributed by atoms with Crippen LogP contribution in [0, 0.1) is 20.8 Å². The Morgan fingerprint density at radius 3 is 1.44 bits per heavy atom. The van der Waals surface area contributed by atoms with Gasteiger partial charge in [0.1, 0.15) is 0 Å². The van der Waals surface area contributed by atoms with Crippen LogP contribution in [0.2, 0.25) is 0 Å². The molecule has 1 fully saturated rings. The SMILES string of the molecule is Cc1cc(C)c(-c2c3ccccc3c(B3OC(C)(C)C(C)(C)O3)c3ccccc23)c(C)c1. The minimum absolute atomic E-state index is 0.386. The van der Waals surface area contributed by atoms with E-state index in [1.165, 1.54) is 49.4 Å². The minimum Gasteiger partial charge on any atom is -0.399 e. The van der Waals surface area contributed by atoms with Crippen LogP contribution in [0.5, 0.6) is 0 Å². The average Bonchev–Trinajstić information content (AvgIpc) is 2.93. The fourth-order valence-electron chi connectivity index (χ4n) is 5.22. The van der Waals surface area contributed by atoms with Gasteiger partial charge in [-0.15, -0.1) is 0 Å². The minimum atomic E-state index is -0.413. The molecule has 4 aromatic rings. The third-order valence-electron chi connectivity index (χ3n) is 7.39. The second kappa shape index (κ2) is 7.20. The molecule has 1 aliphatic rings. The van der Waals surface area contributed by atoms with E-state index in [0.717, 1.165) is 5.46 Å². The summed E-state index contributed by atoms with van der Waals surface area (Å²) < 4.78 is 13.1. The van der Waals surface area contributed by atoms with Crippen molar-refractivity contribution in [1.29, 1.82) is 0 Å². The second-order valence-corrected chi connectivity index (χ2v) is 10.2. The molecule has 0 atom stereocenters. The van der Waals surface area contributed by atoms with Crippen molar-refractivity contribution >= 4 is 34.1 Å². The fraction of sp³-hybridized carbons (Fsp3) is 0.310. The fourth-order valence-corrected chi connectivity index (χ4v) is 5.22. The van der Waals surface area contributed by atoms with Gasteiger partial charge in [-0.05, 0) is 97.7 Å². The van der Waals surface area contributed by atoms with E-state index in [1.807, 2.05) is 0 Å². The van der Waals surface area contributed by atoms with Gasteiger partial charge < -0.3 is 9.31 Å². The Labute approximate surface area is 191 Å². The average molecular weight is 422 g/mol. The maximum absolute atomic E-state index is 6.55. The number of benzene rings is 4. The first-order valence-electron chi connectivity index (χ1n) is 11.5. The lowest BCUT2D eigenvalue weighted by molar-refractivity contribution is 0.00578. The molecule has 1 aliphatic heterocycles. The highest BCUT2D eigenvalue weighted by Crippen LogP contribution is 2.42. The van der Waals surface area contributed by atoms with Crippen LogP contribution in [0.15, 0.2) is 60.7 Å². The summed E-state index contributed by atoms with van der Waals surface area (Å²) in [5.74, 6) is 0. The Kier molecular flexibility index (Phi) is 4.78. The summed E-state index contributed by atoms with van der Waals surface area (Å²) in [6.45, 7) is 15.1. The zero-order chi connectivity index (χ0) is 22.8. The Balaban J connectivity index is 1.90. The van der Waals surface area contributed by atoms with E-state index in [4.69, 9.17) is 9.31 Å². The molecule has 162 valence electrons. The molecular formula is C29H31BO2. The van der Waals surface area contributed by atoms with Gasteiger partial charge in [0, 0.05) is 0 Å². The van der Waals surface area contributed by atoms with Crippen LogP contribution in [0.3, 0.4) is 0 Å². The predicted octanol–water partition coefficient (Wildman–Crippen LogP) is 6.88. The highest BCUT2D eigenvalue weighted by molar-refractivity contribution is 6.69. The summed E-state index contributed by atoms with van der Waals surface area (Å²) in [6.07, 6.45) is 0. The summed E-state index contributed by atoms with van der Waals surface area (Å²) in [5, 5.41) is 4.87. The number of rotatable bonds is 2. The molecule has 0 saturated carbocycles. The molecule has 32 heavy (non-hydrogen) atoms. The first kappa shape index (κ1) is 21.2. The molecule has 0 unspecified atom stereocenters. The van der Waals surface area contributed by atoms with Crippen LogP contribution in [0.1, 0.15) is 44.4 Å². The molecule has 0 spiro atoms. The lowest BCUT2D eigenvalue weighted by Gasteiger charge is -2.32. The van der Waals surface area contributed by atoms with Crippen LogP contribution in [0.25, 0.3) is 32.7 Å².